The first-order chi connectivity index (χ1) is 12.0. The molecule has 25 heavy (non-hydrogen) atoms. The van der Waals surface area contributed by atoms with Crippen molar-refractivity contribution in [3.05, 3.63) is 54.0 Å². The number of hydrogen-bond donors (Lipinski definition) is 1. The summed E-state index contributed by atoms with van der Waals surface area (Å²) in [5.41, 5.74) is 2.91. The van der Waals surface area contributed by atoms with E-state index < -0.39 is 0 Å². The van der Waals surface area contributed by atoms with Crippen molar-refractivity contribution in [1.82, 2.24) is 19.5 Å². The highest BCUT2D eigenvalue weighted by atomic mass is 16.5. The third-order valence-electron chi connectivity index (χ3n) is 3.73. The average Bonchev–Trinajstić information content (AvgIpc) is 2.98. The normalized spacial score (nSPS) is 10.7. The molecule has 1 N–H and O–H groups in total. The molecule has 0 atom stereocenters. The maximum Gasteiger partial charge on any atom is 0.259 e. The van der Waals surface area contributed by atoms with Gasteiger partial charge in [0.1, 0.15) is 11.3 Å². The van der Waals surface area contributed by atoms with E-state index in [1.165, 1.54) is 4.90 Å². The Labute approximate surface area is 146 Å². The van der Waals surface area contributed by atoms with Crippen LogP contribution >= 0.6 is 0 Å². The van der Waals surface area contributed by atoms with Crippen LogP contribution in [0.2, 0.25) is 0 Å². The van der Waals surface area contributed by atoms with Crippen LogP contribution in [-0.2, 0) is 11.3 Å². The highest BCUT2D eigenvalue weighted by Gasteiger charge is 2.07. The van der Waals surface area contributed by atoms with Gasteiger partial charge in [-0.3, -0.25) is 4.79 Å². The van der Waals surface area contributed by atoms with Gasteiger partial charge in [0.15, 0.2) is 12.4 Å². The topological polar surface area (TPSA) is 71.8 Å². The second kappa shape index (κ2) is 7.21. The number of nitrogens with one attached hydrogen (secondary N) is 1. The number of ether oxygens (including phenoxy) is 1. The monoisotopic (exact) mass is 339 g/mol. The van der Waals surface area contributed by atoms with Crippen molar-refractivity contribution in [2.75, 3.05) is 26.0 Å². The molecule has 0 aliphatic rings. The number of anilines is 1. The number of rotatable bonds is 6. The molecule has 0 saturated heterocycles. The van der Waals surface area contributed by atoms with Gasteiger partial charge in [0.25, 0.3) is 5.91 Å². The zero-order valence-corrected chi connectivity index (χ0v) is 14.6. The number of carbonyl (C=O) groups is 1. The Hall–Kier alpha value is -3.09. The predicted octanol–water partition coefficient (Wildman–Crippen LogP) is 2.12. The van der Waals surface area contributed by atoms with E-state index >= 15 is 0 Å². The van der Waals surface area contributed by atoms with E-state index in [0.717, 1.165) is 22.6 Å². The van der Waals surface area contributed by atoms with Crippen molar-refractivity contribution in [1.29, 1.82) is 0 Å². The molecular weight excluding hydrogens is 318 g/mol. The molecule has 2 aromatic heterocycles. The van der Waals surface area contributed by atoms with Gasteiger partial charge in [0.2, 0.25) is 0 Å². The van der Waals surface area contributed by atoms with Crippen molar-refractivity contribution in [2.24, 2.45) is 0 Å². The number of aryl methyl sites for hydroxylation is 1. The first-order valence-corrected chi connectivity index (χ1v) is 7.99. The van der Waals surface area contributed by atoms with Crippen LogP contribution in [0.5, 0.6) is 5.75 Å². The number of benzene rings is 1. The first-order valence-electron chi connectivity index (χ1n) is 7.99. The Bertz CT molecular complexity index is 888. The largest absolute Gasteiger partial charge is 0.484 e. The molecule has 0 unspecified atom stereocenters. The summed E-state index contributed by atoms with van der Waals surface area (Å²) < 4.78 is 7.35. The number of fused-ring (bicyclic) bond motifs is 1. The molecule has 130 valence electrons. The Morgan fingerprint density at radius 1 is 1.32 bits per heavy atom. The molecule has 7 heteroatoms. The maximum absolute atomic E-state index is 11.6. The Kier molecular flexibility index (Phi) is 4.83. The highest BCUT2D eigenvalue weighted by Crippen LogP contribution is 2.18. The molecule has 1 amide bonds. The minimum absolute atomic E-state index is 0.0276. The fourth-order valence-corrected chi connectivity index (χ4v) is 2.39. The zero-order valence-electron chi connectivity index (χ0n) is 14.6. The molecule has 0 aliphatic carbocycles. The Balaban J connectivity index is 1.67. The molecule has 0 bridgehead atoms. The van der Waals surface area contributed by atoms with Gasteiger partial charge in [0, 0.05) is 33.0 Å². The van der Waals surface area contributed by atoms with Crippen molar-refractivity contribution in [3.8, 4) is 5.75 Å². The van der Waals surface area contributed by atoms with Crippen LogP contribution in [0.25, 0.3) is 5.52 Å². The van der Waals surface area contributed by atoms with Crippen LogP contribution in [0, 0.1) is 6.92 Å². The van der Waals surface area contributed by atoms with Crippen LogP contribution in [0.1, 0.15) is 11.3 Å². The summed E-state index contributed by atoms with van der Waals surface area (Å²) in [4.78, 5) is 17.5. The van der Waals surface area contributed by atoms with Crippen molar-refractivity contribution in [2.45, 2.75) is 13.5 Å². The second-order valence-electron chi connectivity index (χ2n) is 5.97. The zero-order chi connectivity index (χ0) is 17.8. The molecule has 0 radical (unpaired) electrons. The number of hydrogen-bond acceptors (Lipinski definition) is 5. The molecule has 2 heterocycles. The summed E-state index contributed by atoms with van der Waals surface area (Å²) in [5, 5.41) is 7.70. The smallest absolute Gasteiger partial charge is 0.259 e. The van der Waals surface area contributed by atoms with E-state index in [9.17, 15) is 4.79 Å². The molecule has 7 nitrogen and oxygen atoms in total. The fourth-order valence-electron chi connectivity index (χ4n) is 2.39. The lowest BCUT2D eigenvalue weighted by molar-refractivity contribution is -0.130. The summed E-state index contributed by atoms with van der Waals surface area (Å²) in [7, 11) is 3.41. The average molecular weight is 339 g/mol. The summed E-state index contributed by atoms with van der Waals surface area (Å²) in [6.07, 6.45) is 3.54. The third-order valence-corrected chi connectivity index (χ3v) is 3.73. The molecule has 3 aromatic rings. The number of likely N-dealkylation sites (N-methyl/N-ethyl adjacent to an activating group) is 1. The Morgan fingerprint density at radius 2 is 2.16 bits per heavy atom. The molecule has 0 saturated carbocycles. The number of carbonyl (C=O) groups excluding carboxylic acids is 1. The second-order valence-corrected chi connectivity index (χ2v) is 5.97. The maximum atomic E-state index is 11.6. The quantitative estimate of drug-likeness (QED) is 0.745. The number of amides is 1. The first kappa shape index (κ1) is 16.8. The molecule has 0 fully saturated rings. The Morgan fingerprint density at radius 3 is 2.96 bits per heavy atom. The van der Waals surface area contributed by atoms with Crippen molar-refractivity contribution in [3.63, 3.8) is 0 Å². The van der Waals surface area contributed by atoms with Gasteiger partial charge < -0.3 is 15.0 Å². The molecule has 0 spiro atoms. The van der Waals surface area contributed by atoms with E-state index in [1.807, 2.05) is 43.5 Å². The van der Waals surface area contributed by atoms with Gasteiger partial charge in [-0.1, -0.05) is 12.1 Å². The lowest BCUT2D eigenvalue weighted by atomic mass is 10.2. The standard InChI is InChI=1S/C18H21N5O2/c1-13-9-16-18(19-7-8-23(16)21-13)20-11-14-5-4-6-15(10-14)25-12-17(24)22(2)3/h4-10H,11-12H2,1-3H3,(H,19,20). The highest BCUT2D eigenvalue weighted by molar-refractivity contribution is 5.77. The summed E-state index contributed by atoms with van der Waals surface area (Å²) in [5.74, 6) is 1.37. The number of nitrogens with zero attached hydrogens (tertiary/aromatic N) is 4. The summed E-state index contributed by atoms with van der Waals surface area (Å²) in [6.45, 7) is 2.57. The number of aromatic nitrogens is 3. The summed E-state index contributed by atoms with van der Waals surface area (Å²) >= 11 is 0. The van der Waals surface area contributed by atoms with Gasteiger partial charge in [-0.25, -0.2) is 9.50 Å². The SMILES string of the molecule is Cc1cc2c(NCc3cccc(OCC(=O)N(C)C)c3)nccn2n1. The van der Waals surface area contributed by atoms with E-state index in [2.05, 4.69) is 15.4 Å². The molecule has 1 aromatic carbocycles. The lowest BCUT2D eigenvalue weighted by Crippen LogP contribution is -2.27. The van der Waals surface area contributed by atoms with Crippen molar-refractivity contribution >= 4 is 17.2 Å². The van der Waals surface area contributed by atoms with Crippen LogP contribution in [0.4, 0.5) is 5.82 Å². The molecular formula is C18H21N5O2. The third kappa shape index (κ3) is 4.06. The van der Waals surface area contributed by atoms with Gasteiger partial charge in [-0.15, -0.1) is 0 Å². The van der Waals surface area contributed by atoms with Crippen LogP contribution in [-0.4, -0.2) is 46.1 Å². The molecule has 3 rings (SSSR count). The molecule has 0 aliphatic heterocycles. The van der Waals surface area contributed by atoms with E-state index in [-0.39, 0.29) is 12.5 Å². The predicted molar refractivity (Wildman–Crippen MR) is 95.7 cm³/mol. The van der Waals surface area contributed by atoms with E-state index in [0.29, 0.717) is 12.3 Å². The minimum Gasteiger partial charge on any atom is -0.484 e. The van der Waals surface area contributed by atoms with Gasteiger partial charge >= 0.3 is 0 Å². The van der Waals surface area contributed by atoms with Crippen LogP contribution in [0.3, 0.4) is 0 Å². The van der Waals surface area contributed by atoms with Crippen LogP contribution < -0.4 is 10.1 Å². The van der Waals surface area contributed by atoms with Gasteiger partial charge in [-0.2, -0.15) is 5.10 Å². The minimum atomic E-state index is -0.0736. The van der Waals surface area contributed by atoms with Crippen LogP contribution in [0.15, 0.2) is 42.7 Å². The van der Waals surface area contributed by atoms with E-state index in [1.54, 1.807) is 24.8 Å². The fraction of sp³-hybridized carbons (Fsp3) is 0.278. The van der Waals surface area contributed by atoms with E-state index in [4.69, 9.17) is 4.74 Å². The van der Waals surface area contributed by atoms with Crippen molar-refractivity contribution < 1.29 is 9.53 Å². The van der Waals surface area contributed by atoms with Gasteiger partial charge in [0.05, 0.1) is 5.69 Å². The van der Waals surface area contributed by atoms with Gasteiger partial charge in [-0.05, 0) is 30.7 Å². The summed E-state index contributed by atoms with van der Waals surface area (Å²) in [6, 6.07) is 9.64. The lowest BCUT2D eigenvalue weighted by Gasteiger charge is -2.12.